The normalized spacial score (nSPS) is 25.5. The zero-order valence-electron chi connectivity index (χ0n) is 10.2. The topological polar surface area (TPSA) is 87.7 Å². The summed E-state index contributed by atoms with van der Waals surface area (Å²) in [7, 11) is 1.60. The highest BCUT2D eigenvalue weighted by atomic mass is 16.5. The van der Waals surface area contributed by atoms with Gasteiger partial charge in [0.15, 0.2) is 0 Å². The van der Waals surface area contributed by atoms with Gasteiger partial charge >= 0.3 is 5.97 Å². The first-order valence-electron chi connectivity index (χ1n) is 5.87. The Labute approximate surface area is 101 Å². The van der Waals surface area contributed by atoms with E-state index in [-0.39, 0.29) is 18.1 Å². The van der Waals surface area contributed by atoms with E-state index >= 15 is 0 Å². The van der Waals surface area contributed by atoms with Crippen LogP contribution in [0.2, 0.25) is 0 Å². The molecule has 1 heterocycles. The average molecular weight is 244 g/mol. The molecule has 3 N–H and O–H groups in total. The number of carboxylic acid groups (broad SMARTS) is 1. The van der Waals surface area contributed by atoms with Crippen LogP contribution in [0.25, 0.3) is 0 Å². The molecular formula is C11H20N2O4. The van der Waals surface area contributed by atoms with E-state index < -0.39 is 12.0 Å². The minimum Gasteiger partial charge on any atom is -0.480 e. The molecule has 17 heavy (non-hydrogen) atoms. The molecule has 1 fully saturated rings. The van der Waals surface area contributed by atoms with E-state index in [9.17, 15) is 9.59 Å². The Morgan fingerprint density at radius 1 is 1.59 bits per heavy atom. The quantitative estimate of drug-likeness (QED) is 0.599. The number of amides is 1. The third-order valence-corrected chi connectivity index (χ3v) is 2.93. The molecule has 0 aromatic rings. The first-order chi connectivity index (χ1) is 8.08. The van der Waals surface area contributed by atoms with Crippen LogP contribution < -0.4 is 10.6 Å². The van der Waals surface area contributed by atoms with Crippen molar-refractivity contribution in [2.24, 2.45) is 0 Å². The molecule has 0 aromatic heterocycles. The van der Waals surface area contributed by atoms with Gasteiger partial charge in [-0.05, 0) is 12.8 Å². The number of hydrogen-bond donors (Lipinski definition) is 3. The summed E-state index contributed by atoms with van der Waals surface area (Å²) in [5, 5.41) is 14.5. The Morgan fingerprint density at radius 3 is 2.76 bits per heavy atom. The lowest BCUT2D eigenvalue weighted by molar-refractivity contribution is -0.142. The molecule has 0 bridgehead atoms. The fourth-order valence-electron chi connectivity index (χ4n) is 1.90. The monoisotopic (exact) mass is 244 g/mol. The lowest BCUT2D eigenvalue weighted by atomic mass is 10.1. The van der Waals surface area contributed by atoms with Crippen LogP contribution in [0.5, 0.6) is 0 Å². The van der Waals surface area contributed by atoms with Gasteiger partial charge in [-0.1, -0.05) is 13.3 Å². The number of hydrogen-bond acceptors (Lipinski definition) is 4. The summed E-state index contributed by atoms with van der Waals surface area (Å²) >= 11 is 0. The molecule has 98 valence electrons. The van der Waals surface area contributed by atoms with Crippen LogP contribution >= 0.6 is 0 Å². The molecule has 6 heteroatoms. The van der Waals surface area contributed by atoms with Crippen molar-refractivity contribution in [3.63, 3.8) is 0 Å². The average Bonchev–Trinajstić information content (AvgIpc) is 2.76. The van der Waals surface area contributed by atoms with Crippen LogP contribution in [-0.4, -0.2) is 48.8 Å². The standard InChI is InChI=1S/C11H20N2O4/c1-3-4-8(11(15)16)13-10(14)9-5-7(17-2)6-12-9/h7-9,12H,3-6H2,1-2H3,(H,13,14)(H,15,16)/t7?,8-,9?/m1/s1. The van der Waals surface area contributed by atoms with Crippen LogP contribution in [0.4, 0.5) is 0 Å². The predicted octanol–water partition coefficient (Wildman–Crippen LogP) is -0.267. The predicted molar refractivity (Wildman–Crippen MR) is 61.7 cm³/mol. The lowest BCUT2D eigenvalue weighted by Gasteiger charge is -2.16. The van der Waals surface area contributed by atoms with Crippen LogP contribution in [0.1, 0.15) is 26.2 Å². The van der Waals surface area contributed by atoms with Gasteiger partial charge in [-0.2, -0.15) is 0 Å². The molecule has 0 spiro atoms. The molecule has 3 atom stereocenters. The summed E-state index contributed by atoms with van der Waals surface area (Å²) < 4.78 is 5.13. The number of nitrogens with one attached hydrogen (secondary N) is 2. The molecule has 2 unspecified atom stereocenters. The minimum atomic E-state index is -0.985. The fraction of sp³-hybridized carbons (Fsp3) is 0.818. The smallest absolute Gasteiger partial charge is 0.326 e. The molecule has 1 saturated heterocycles. The van der Waals surface area contributed by atoms with Crippen molar-refractivity contribution >= 4 is 11.9 Å². The molecule has 1 aliphatic rings. The lowest BCUT2D eigenvalue weighted by Crippen LogP contribution is -2.48. The van der Waals surface area contributed by atoms with Crippen molar-refractivity contribution in [1.29, 1.82) is 0 Å². The first-order valence-corrected chi connectivity index (χ1v) is 5.87. The Balaban J connectivity index is 2.45. The molecule has 6 nitrogen and oxygen atoms in total. The zero-order valence-corrected chi connectivity index (χ0v) is 10.2. The van der Waals surface area contributed by atoms with E-state index in [1.54, 1.807) is 7.11 Å². The highest BCUT2D eigenvalue weighted by Crippen LogP contribution is 2.10. The van der Waals surface area contributed by atoms with Gasteiger partial charge in [0.2, 0.25) is 5.91 Å². The van der Waals surface area contributed by atoms with Crippen LogP contribution in [0.3, 0.4) is 0 Å². The Morgan fingerprint density at radius 2 is 2.29 bits per heavy atom. The summed E-state index contributed by atoms with van der Waals surface area (Å²) in [5.74, 6) is -1.24. The molecule has 0 saturated carbocycles. The van der Waals surface area contributed by atoms with Gasteiger partial charge < -0.3 is 20.5 Å². The van der Waals surface area contributed by atoms with Crippen molar-refractivity contribution in [2.45, 2.75) is 44.4 Å². The maximum absolute atomic E-state index is 11.8. The van der Waals surface area contributed by atoms with Crippen molar-refractivity contribution < 1.29 is 19.4 Å². The van der Waals surface area contributed by atoms with Crippen molar-refractivity contribution in [3.05, 3.63) is 0 Å². The molecule has 0 aliphatic carbocycles. The van der Waals surface area contributed by atoms with E-state index in [1.807, 2.05) is 6.92 Å². The largest absolute Gasteiger partial charge is 0.480 e. The SMILES string of the molecule is CCC[C@@H](NC(=O)C1CC(OC)CN1)C(=O)O. The van der Waals surface area contributed by atoms with Gasteiger partial charge in [-0.3, -0.25) is 4.79 Å². The van der Waals surface area contributed by atoms with Gasteiger partial charge in [0.25, 0.3) is 0 Å². The molecule has 1 aliphatic heterocycles. The van der Waals surface area contributed by atoms with Crippen LogP contribution in [0.15, 0.2) is 0 Å². The van der Waals surface area contributed by atoms with Gasteiger partial charge in [-0.15, -0.1) is 0 Å². The second-order valence-corrected chi connectivity index (χ2v) is 4.24. The van der Waals surface area contributed by atoms with E-state index in [0.29, 0.717) is 19.4 Å². The minimum absolute atomic E-state index is 0.0280. The van der Waals surface area contributed by atoms with Crippen molar-refractivity contribution in [2.75, 3.05) is 13.7 Å². The zero-order chi connectivity index (χ0) is 12.8. The molecule has 1 amide bonds. The van der Waals surface area contributed by atoms with Crippen LogP contribution in [0, 0.1) is 0 Å². The van der Waals surface area contributed by atoms with E-state index in [0.717, 1.165) is 6.42 Å². The number of ether oxygens (including phenoxy) is 1. The maximum Gasteiger partial charge on any atom is 0.326 e. The number of carbonyl (C=O) groups excluding carboxylic acids is 1. The molecule has 0 radical (unpaired) electrons. The third-order valence-electron chi connectivity index (χ3n) is 2.93. The second kappa shape index (κ2) is 6.56. The summed E-state index contributed by atoms with van der Waals surface area (Å²) in [5.41, 5.74) is 0. The molecule has 1 rings (SSSR count). The van der Waals surface area contributed by atoms with Crippen molar-refractivity contribution in [1.82, 2.24) is 10.6 Å². The van der Waals surface area contributed by atoms with E-state index in [2.05, 4.69) is 10.6 Å². The molecule has 0 aromatic carbocycles. The summed E-state index contributed by atoms with van der Waals surface area (Å²) in [6.45, 7) is 2.51. The second-order valence-electron chi connectivity index (χ2n) is 4.24. The van der Waals surface area contributed by atoms with E-state index in [1.165, 1.54) is 0 Å². The van der Waals surface area contributed by atoms with E-state index in [4.69, 9.17) is 9.84 Å². The van der Waals surface area contributed by atoms with Gasteiger partial charge in [0.05, 0.1) is 12.1 Å². The van der Waals surface area contributed by atoms with Gasteiger partial charge in [0.1, 0.15) is 6.04 Å². The van der Waals surface area contributed by atoms with Gasteiger partial charge in [-0.25, -0.2) is 4.79 Å². The summed E-state index contributed by atoms with van der Waals surface area (Å²) in [4.78, 5) is 22.7. The summed E-state index contributed by atoms with van der Waals surface area (Å²) in [6, 6.07) is -1.14. The highest BCUT2D eigenvalue weighted by molar-refractivity contribution is 5.87. The highest BCUT2D eigenvalue weighted by Gasteiger charge is 2.31. The number of carbonyl (C=O) groups is 2. The number of carboxylic acids is 1. The van der Waals surface area contributed by atoms with Gasteiger partial charge in [0, 0.05) is 13.7 Å². The third kappa shape index (κ3) is 3.98. The fourth-order valence-corrected chi connectivity index (χ4v) is 1.90. The Kier molecular flexibility index (Phi) is 5.37. The summed E-state index contributed by atoms with van der Waals surface area (Å²) in [6.07, 6.45) is 1.78. The van der Waals surface area contributed by atoms with Crippen LogP contribution in [-0.2, 0) is 14.3 Å². The first kappa shape index (κ1) is 13.9. The number of methoxy groups -OCH3 is 1. The number of rotatable bonds is 6. The Bertz CT molecular complexity index is 283. The molecular weight excluding hydrogens is 224 g/mol. The van der Waals surface area contributed by atoms with Crippen molar-refractivity contribution in [3.8, 4) is 0 Å². The Hall–Kier alpha value is -1.14. The maximum atomic E-state index is 11.8. The number of aliphatic carboxylic acids is 1.